The van der Waals surface area contributed by atoms with Gasteiger partial charge in [0, 0.05) is 18.9 Å². The lowest BCUT2D eigenvalue weighted by molar-refractivity contribution is 0.0328. The van der Waals surface area contributed by atoms with E-state index in [1.807, 2.05) is 0 Å². The molecule has 0 bridgehead atoms. The summed E-state index contributed by atoms with van der Waals surface area (Å²) in [4.78, 5) is 0. The predicted octanol–water partition coefficient (Wildman–Crippen LogP) is 1.34. The summed E-state index contributed by atoms with van der Waals surface area (Å²) in [7, 11) is -2.91. The van der Waals surface area contributed by atoms with Gasteiger partial charge < -0.3 is 10.5 Å². The number of hydrogen-bond donors (Lipinski definition) is 1. The summed E-state index contributed by atoms with van der Waals surface area (Å²) in [6.07, 6.45) is 7.18. The second kappa shape index (κ2) is 5.88. The van der Waals surface area contributed by atoms with Gasteiger partial charge in [0.1, 0.15) is 9.84 Å². The monoisotopic (exact) mass is 275 g/mol. The van der Waals surface area contributed by atoms with Gasteiger partial charge in [0.15, 0.2) is 0 Å². The van der Waals surface area contributed by atoms with Crippen LogP contribution in [0.15, 0.2) is 0 Å². The van der Waals surface area contributed by atoms with E-state index in [0.29, 0.717) is 11.8 Å². The molecular weight excluding hydrogens is 250 g/mol. The quantitative estimate of drug-likeness (QED) is 0.844. The van der Waals surface area contributed by atoms with Crippen LogP contribution in [0.25, 0.3) is 0 Å². The first kappa shape index (κ1) is 14.3. The van der Waals surface area contributed by atoms with Gasteiger partial charge in [-0.3, -0.25) is 0 Å². The minimum Gasteiger partial charge on any atom is -0.381 e. The smallest absolute Gasteiger partial charge is 0.150 e. The van der Waals surface area contributed by atoms with Crippen LogP contribution in [-0.4, -0.2) is 39.2 Å². The molecule has 0 aromatic rings. The maximum absolute atomic E-state index is 11.7. The van der Waals surface area contributed by atoms with Gasteiger partial charge in [-0.05, 0) is 43.9 Å². The van der Waals surface area contributed by atoms with Crippen LogP contribution in [0.2, 0.25) is 0 Å². The van der Waals surface area contributed by atoms with Gasteiger partial charge in [0.05, 0.1) is 11.9 Å². The number of sulfone groups is 1. The van der Waals surface area contributed by atoms with Crippen LogP contribution in [0.1, 0.15) is 38.5 Å². The molecule has 0 amide bonds. The predicted molar refractivity (Wildman–Crippen MR) is 72.1 cm³/mol. The Labute approximate surface area is 110 Å². The summed E-state index contributed by atoms with van der Waals surface area (Å²) < 4.78 is 28.8. The Morgan fingerprint density at radius 2 is 1.89 bits per heavy atom. The molecule has 4 unspecified atom stereocenters. The molecule has 4 nitrogen and oxygen atoms in total. The van der Waals surface area contributed by atoms with Crippen molar-refractivity contribution < 1.29 is 13.2 Å². The molecule has 18 heavy (non-hydrogen) atoms. The third kappa shape index (κ3) is 3.45. The van der Waals surface area contributed by atoms with Crippen molar-refractivity contribution in [3.05, 3.63) is 0 Å². The Morgan fingerprint density at radius 1 is 1.17 bits per heavy atom. The molecule has 2 rings (SSSR count). The minimum absolute atomic E-state index is 0.106. The van der Waals surface area contributed by atoms with Crippen molar-refractivity contribution in [3.8, 4) is 0 Å². The molecule has 2 N–H and O–H groups in total. The zero-order chi connectivity index (χ0) is 13.2. The maximum atomic E-state index is 11.7. The lowest BCUT2D eigenvalue weighted by Gasteiger charge is -2.37. The van der Waals surface area contributed by atoms with Gasteiger partial charge >= 0.3 is 0 Å². The normalized spacial score (nSPS) is 36.2. The molecule has 0 radical (unpaired) electrons. The van der Waals surface area contributed by atoms with Gasteiger partial charge in [0.2, 0.25) is 0 Å². The van der Waals surface area contributed by atoms with E-state index in [-0.39, 0.29) is 11.3 Å². The van der Waals surface area contributed by atoms with Gasteiger partial charge in [-0.25, -0.2) is 8.42 Å². The summed E-state index contributed by atoms with van der Waals surface area (Å²) in [5.41, 5.74) is 6.35. The molecule has 1 saturated carbocycles. The summed E-state index contributed by atoms with van der Waals surface area (Å²) in [6, 6.07) is 0.106. The third-order valence-electron chi connectivity index (χ3n) is 4.56. The number of hydrogen-bond acceptors (Lipinski definition) is 4. The fraction of sp³-hybridized carbons (Fsp3) is 1.00. The molecule has 1 saturated heterocycles. The maximum Gasteiger partial charge on any atom is 0.150 e. The van der Waals surface area contributed by atoms with Crippen LogP contribution in [0.4, 0.5) is 0 Å². The lowest BCUT2D eigenvalue weighted by Crippen LogP contribution is -2.44. The van der Waals surface area contributed by atoms with E-state index < -0.39 is 9.84 Å². The van der Waals surface area contributed by atoms with Crippen molar-refractivity contribution in [1.82, 2.24) is 0 Å². The van der Waals surface area contributed by atoms with E-state index in [1.54, 1.807) is 0 Å². The standard InChI is InChI=1S/C13H25NO3S/c1-18(15,16)12-6-2-4-10(8-12)13(14)11-5-3-7-17-9-11/h10-13H,2-9,14H2,1H3. The SMILES string of the molecule is CS(=O)(=O)C1CCCC(C(N)C2CCCOC2)C1. The molecule has 0 aromatic carbocycles. The molecule has 1 aliphatic heterocycles. The largest absolute Gasteiger partial charge is 0.381 e. The van der Waals surface area contributed by atoms with Crippen molar-refractivity contribution in [1.29, 1.82) is 0 Å². The van der Waals surface area contributed by atoms with Crippen molar-refractivity contribution >= 4 is 9.84 Å². The Kier molecular flexibility index (Phi) is 4.67. The van der Waals surface area contributed by atoms with E-state index in [2.05, 4.69) is 0 Å². The van der Waals surface area contributed by atoms with Crippen LogP contribution in [0, 0.1) is 11.8 Å². The van der Waals surface area contributed by atoms with Crippen LogP contribution < -0.4 is 5.73 Å². The summed E-state index contributed by atoms with van der Waals surface area (Å²) in [5.74, 6) is 0.771. The second-order valence-electron chi connectivity index (χ2n) is 5.93. The van der Waals surface area contributed by atoms with Gasteiger partial charge in [-0.1, -0.05) is 6.42 Å². The number of rotatable bonds is 3. The Bertz CT molecular complexity index is 362. The van der Waals surface area contributed by atoms with E-state index in [9.17, 15) is 8.42 Å². The molecule has 106 valence electrons. The highest BCUT2D eigenvalue weighted by molar-refractivity contribution is 7.91. The number of nitrogens with two attached hydrogens (primary N) is 1. The van der Waals surface area contributed by atoms with Crippen LogP contribution in [-0.2, 0) is 14.6 Å². The summed E-state index contributed by atoms with van der Waals surface area (Å²) in [6.45, 7) is 1.60. The fourth-order valence-electron chi connectivity index (χ4n) is 3.37. The van der Waals surface area contributed by atoms with Crippen LogP contribution in [0.3, 0.4) is 0 Å². The van der Waals surface area contributed by atoms with Crippen molar-refractivity contribution in [2.45, 2.75) is 49.8 Å². The first-order chi connectivity index (χ1) is 8.48. The van der Waals surface area contributed by atoms with Gasteiger partial charge in [0.25, 0.3) is 0 Å². The zero-order valence-corrected chi connectivity index (χ0v) is 12.0. The Balaban J connectivity index is 1.95. The second-order valence-corrected chi connectivity index (χ2v) is 8.26. The van der Waals surface area contributed by atoms with Crippen molar-refractivity contribution in [2.24, 2.45) is 17.6 Å². The molecule has 1 heterocycles. The molecule has 0 aromatic heterocycles. The number of ether oxygens (including phenoxy) is 1. The lowest BCUT2D eigenvalue weighted by atomic mass is 9.77. The van der Waals surface area contributed by atoms with Gasteiger partial charge in [-0.2, -0.15) is 0 Å². The molecule has 0 spiro atoms. The summed E-state index contributed by atoms with van der Waals surface area (Å²) >= 11 is 0. The molecule has 2 aliphatic rings. The molecule has 4 atom stereocenters. The topological polar surface area (TPSA) is 69.4 Å². The van der Waals surface area contributed by atoms with E-state index in [4.69, 9.17) is 10.5 Å². The van der Waals surface area contributed by atoms with Crippen molar-refractivity contribution in [3.63, 3.8) is 0 Å². The highest BCUT2D eigenvalue weighted by Gasteiger charge is 2.35. The van der Waals surface area contributed by atoms with Crippen LogP contribution in [0.5, 0.6) is 0 Å². The fourth-order valence-corrected chi connectivity index (χ4v) is 4.57. The molecule has 2 fully saturated rings. The van der Waals surface area contributed by atoms with Gasteiger partial charge in [-0.15, -0.1) is 0 Å². The first-order valence-electron chi connectivity index (χ1n) is 7.00. The average Bonchev–Trinajstić information content (AvgIpc) is 2.38. The highest BCUT2D eigenvalue weighted by Crippen LogP contribution is 2.33. The molecule has 1 aliphatic carbocycles. The Hall–Kier alpha value is -0.130. The van der Waals surface area contributed by atoms with Crippen LogP contribution >= 0.6 is 0 Å². The molecular formula is C13H25NO3S. The molecule has 5 heteroatoms. The minimum atomic E-state index is -2.91. The average molecular weight is 275 g/mol. The third-order valence-corrected chi connectivity index (χ3v) is 6.20. The first-order valence-corrected chi connectivity index (χ1v) is 8.96. The van der Waals surface area contributed by atoms with E-state index in [1.165, 1.54) is 6.26 Å². The summed E-state index contributed by atoms with van der Waals surface area (Å²) in [5, 5.41) is -0.174. The zero-order valence-electron chi connectivity index (χ0n) is 11.2. The van der Waals surface area contributed by atoms with E-state index >= 15 is 0 Å². The van der Waals surface area contributed by atoms with E-state index in [0.717, 1.165) is 51.7 Å². The Morgan fingerprint density at radius 3 is 2.50 bits per heavy atom. The van der Waals surface area contributed by atoms with Crippen molar-refractivity contribution in [2.75, 3.05) is 19.5 Å². The highest BCUT2D eigenvalue weighted by atomic mass is 32.2.